The van der Waals surface area contributed by atoms with Crippen molar-refractivity contribution in [3.63, 3.8) is 0 Å². The number of amides is 2. The fourth-order valence-electron chi connectivity index (χ4n) is 2.06. The third kappa shape index (κ3) is 4.66. The molecule has 5 nitrogen and oxygen atoms in total. The lowest BCUT2D eigenvalue weighted by Gasteiger charge is -2.22. The van der Waals surface area contributed by atoms with Gasteiger partial charge in [0, 0.05) is 11.5 Å². The molecule has 3 N–H and O–H groups in total. The minimum Gasteiger partial charge on any atom is -0.453 e. The molecule has 0 aliphatic rings. The molecule has 1 aromatic carbocycles. The summed E-state index contributed by atoms with van der Waals surface area (Å²) in [6.45, 7) is 5.99. The summed E-state index contributed by atoms with van der Waals surface area (Å²) in [4.78, 5) is 22.9. The van der Waals surface area contributed by atoms with Crippen LogP contribution < -0.4 is 10.6 Å². The van der Waals surface area contributed by atoms with E-state index >= 15 is 0 Å². The van der Waals surface area contributed by atoms with Crippen LogP contribution in [0.3, 0.4) is 0 Å². The van der Waals surface area contributed by atoms with Crippen LogP contribution in [0.2, 0.25) is 0 Å². The molecule has 0 heterocycles. The average molecular weight is 279 g/mol. The zero-order valence-corrected chi connectivity index (χ0v) is 12.4. The summed E-state index contributed by atoms with van der Waals surface area (Å²) < 4.78 is 4.42. The van der Waals surface area contributed by atoms with Gasteiger partial charge in [0.05, 0.1) is 7.11 Å². The Hall–Kier alpha value is -1.88. The minimum atomic E-state index is -0.726. The van der Waals surface area contributed by atoms with Gasteiger partial charge < -0.3 is 10.1 Å². The highest BCUT2D eigenvalue weighted by Gasteiger charge is 2.26. The van der Waals surface area contributed by atoms with E-state index in [0.717, 1.165) is 0 Å². The van der Waals surface area contributed by atoms with Crippen LogP contribution in [-0.2, 0) is 9.53 Å². The maximum atomic E-state index is 11.9. The Balaban J connectivity index is 2.71. The first kappa shape index (κ1) is 16.2. The number of alkyl carbamates (subject to hydrolysis) is 1. The van der Waals surface area contributed by atoms with Gasteiger partial charge in [-0.05, 0) is 6.92 Å². The zero-order chi connectivity index (χ0) is 15.1. The lowest BCUT2D eigenvalue weighted by atomic mass is 9.95. The molecule has 1 rings (SSSR count). The fraction of sp³-hybridized carbons (Fsp3) is 0.467. The summed E-state index contributed by atoms with van der Waals surface area (Å²) in [7, 11) is 1.23. The van der Waals surface area contributed by atoms with Crippen molar-refractivity contribution in [1.82, 2.24) is 5.32 Å². The standard InChI is InChI=1S/C15H22N2O3/c1-10(2)13(12-8-6-5-7-9-12)16-11(3)14(18)17-15(19)20-4/h5-11,13,16H,1-4H3,(H,17,18,19)/p+1/t11-,13+/m0/s1. The Labute approximate surface area is 119 Å². The summed E-state index contributed by atoms with van der Waals surface area (Å²) in [5.41, 5.74) is 1.17. The van der Waals surface area contributed by atoms with Crippen LogP contribution >= 0.6 is 0 Å². The van der Waals surface area contributed by atoms with Gasteiger partial charge in [-0.25, -0.2) is 4.79 Å². The average Bonchev–Trinajstić information content (AvgIpc) is 2.44. The van der Waals surface area contributed by atoms with Crippen LogP contribution in [0, 0.1) is 5.92 Å². The predicted molar refractivity (Wildman–Crippen MR) is 76.0 cm³/mol. The number of benzene rings is 1. The molecule has 0 saturated heterocycles. The van der Waals surface area contributed by atoms with E-state index in [-0.39, 0.29) is 18.0 Å². The van der Waals surface area contributed by atoms with E-state index in [1.807, 2.05) is 35.6 Å². The summed E-state index contributed by atoms with van der Waals surface area (Å²) in [5, 5.41) is 4.16. The highest BCUT2D eigenvalue weighted by atomic mass is 16.5. The Morgan fingerprint density at radius 3 is 2.25 bits per heavy atom. The molecule has 5 heteroatoms. The minimum absolute atomic E-state index is 0.162. The molecular weight excluding hydrogens is 256 g/mol. The lowest BCUT2D eigenvalue weighted by Crippen LogP contribution is -2.93. The molecule has 0 bridgehead atoms. The second-order valence-corrected chi connectivity index (χ2v) is 5.14. The number of rotatable bonds is 5. The number of imide groups is 1. The third-order valence-corrected chi connectivity index (χ3v) is 3.22. The molecule has 1 aromatic rings. The molecule has 0 aromatic heterocycles. The smallest absolute Gasteiger partial charge is 0.413 e. The van der Waals surface area contributed by atoms with E-state index in [2.05, 4.69) is 23.9 Å². The number of methoxy groups -OCH3 is 1. The van der Waals surface area contributed by atoms with Gasteiger partial charge in [0.2, 0.25) is 0 Å². The van der Waals surface area contributed by atoms with Gasteiger partial charge in [-0.2, -0.15) is 0 Å². The highest BCUT2D eigenvalue weighted by molar-refractivity contribution is 5.93. The molecule has 0 aliphatic carbocycles. The molecular formula is C15H23N2O3+. The van der Waals surface area contributed by atoms with Crippen LogP contribution in [0.25, 0.3) is 0 Å². The maximum absolute atomic E-state index is 11.9. The Morgan fingerprint density at radius 2 is 1.75 bits per heavy atom. The van der Waals surface area contributed by atoms with E-state index in [0.29, 0.717) is 5.92 Å². The van der Waals surface area contributed by atoms with Crippen LogP contribution in [0.15, 0.2) is 30.3 Å². The van der Waals surface area contributed by atoms with Gasteiger partial charge in [0.25, 0.3) is 5.91 Å². The van der Waals surface area contributed by atoms with Crippen LogP contribution in [0.4, 0.5) is 4.79 Å². The molecule has 0 spiro atoms. The normalized spacial score (nSPS) is 13.7. The molecule has 2 atom stereocenters. The van der Waals surface area contributed by atoms with Gasteiger partial charge in [-0.3, -0.25) is 10.1 Å². The van der Waals surface area contributed by atoms with E-state index in [1.165, 1.54) is 12.7 Å². The van der Waals surface area contributed by atoms with E-state index in [4.69, 9.17) is 0 Å². The lowest BCUT2D eigenvalue weighted by molar-refractivity contribution is -0.719. The number of hydrogen-bond acceptors (Lipinski definition) is 3. The first-order valence-electron chi connectivity index (χ1n) is 6.74. The number of carbonyl (C=O) groups excluding carboxylic acids is 2. The molecule has 0 fully saturated rings. The topological polar surface area (TPSA) is 72.0 Å². The Morgan fingerprint density at radius 1 is 1.15 bits per heavy atom. The Kier molecular flexibility index (Phi) is 6.18. The molecule has 2 amide bonds. The van der Waals surface area contributed by atoms with Crippen molar-refractivity contribution in [3.05, 3.63) is 35.9 Å². The Bertz CT molecular complexity index is 446. The number of carbonyl (C=O) groups is 2. The first-order valence-corrected chi connectivity index (χ1v) is 6.74. The molecule has 110 valence electrons. The maximum Gasteiger partial charge on any atom is 0.413 e. The molecule has 0 saturated carbocycles. The second kappa shape index (κ2) is 7.65. The monoisotopic (exact) mass is 279 g/mol. The van der Waals surface area contributed by atoms with Gasteiger partial charge in [0.15, 0.2) is 6.04 Å². The molecule has 20 heavy (non-hydrogen) atoms. The van der Waals surface area contributed by atoms with Crippen molar-refractivity contribution in [2.24, 2.45) is 5.92 Å². The third-order valence-electron chi connectivity index (χ3n) is 3.22. The van der Waals surface area contributed by atoms with Crippen molar-refractivity contribution in [1.29, 1.82) is 0 Å². The van der Waals surface area contributed by atoms with Gasteiger partial charge in [0.1, 0.15) is 6.04 Å². The van der Waals surface area contributed by atoms with Crippen molar-refractivity contribution < 1.29 is 19.6 Å². The second-order valence-electron chi connectivity index (χ2n) is 5.14. The van der Waals surface area contributed by atoms with Crippen molar-refractivity contribution in [2.45, 2.75) is 32.9 Å². The van der Waals surface area contributed by atoms with Crippen molar-refractivity contribution >= 4 is 12.0 Å². The summed E-state index contributed by atoms with van der Waals surface area (Å²) in [6, 6.07) is 9.82. The summed E-state index contributed by atoms with van der Waals surface area (Å²) in [5.74, 6) is 0.0178. The van der Waals surface area contributed by atoms with E-state index < -0.39 is 6.09 Å². The largest absolute Gasteiger partial charge is 0.453 e. The molecule has 0 aliphatic heterocycles. The van der Waals surface area contributed by atoms with Crippen molar-refractivity contribution in [2.75, 3.05) is 7.11 Å². The number of ether oxygens (including phenoxy) is 1. The number of hydrogen-bond donors (Lipinski definition) is 2. The van der Waals surface area contributed by atoms with Crippen molar-refractivity contribution in [3.8, 4) is 0 Å². The predicted octanol–water partition coefficient (Wildman–Crippen LogP) is 1.22. The highest BCUT2D eigenvalue weighted by Crippen LogP contribution is 2.17. The first-order chi connectivity index (χ1) is 9.45. The van der Waals surface area contributed by atoms with Gasteiger partial charge in [-0.1, -0.05) is 44.2 Å². The number of nitrogens with one attached hydrogen (secondary N) is 1. The molecule has 0 radical (unpaired) electrons. The van der Waals surface area contributed by atoms with Crippen LogP contribution in [0.1, 0.15) is 32.4 Å². The quantitative estimate of drug-likeness (QED) is 0.851. The van der Waals surface area contributed by atoms with Gasteiger partial charge in [-0.15, -0.1) is 0 Å². The summed E-state index contributed by atoms with van der Waals surface area (Å²) in [6.07, 6.45) is -0.726. The number of nitrogens with two attached hydrogens (primary N) is 1. The van der Waals surface area contributed by atoms with Crippen LogP contribution in [-0.4, -0.2) is 25.2 Å². The number of quaternary nitrogens is 1. The van der Waals surface area contributed by atoms with E-state index in [9.17, 15) is 9.59 Å². The van der Waals surface area contributed by atoms with Crippen LogP contribution in [0.5, 0.6) is 0 Å². The fourth-order valence-corrected chi connectivity index (χ4v) is 2.06. The summed E-state index contributed by atoms with van der Waals surface area (Å²) >= 11 is 0. The molecule has 0 unspecified atom stereocenters. The SMILES string of the molecule is COC(=O)NC(=O)[C@H](C)[NH2+][C@@H](c1ccccc1)C(C)C. The zero-order valence-electron chi connectivity index (χ0n) is 12.4. The van der Waals surface area contributed by atoms with Gasteiger partial charge >= 0.3 is 6.09 Å². The van der Waals surface area contributed by atoms with E-state index in [1.54, 1.807) is 6.92 Å².